The number of carbonyl (C=O) groups excluding carboxylic acids is 1. The molecule has 4 N–H and O–H groups in total. The van der Waals surface area contributed by atoms with E-state index in [9.17, 15) is 4.79 Å². The van der Waals surface area contributed by atoms with Crippen molar-refractivity contribution in [3.05, 3.63) is 84.6 Å². The summed E-state index contributed by atoms with van der Waals surface area (Å²) in [6, 6.07) is 18.0. The maximum absolute atomic E-state index is 11.3. The number of hydrogen-bond acceptors (Lipinski definition) is 6. The minimum atomic E-state index is -0.0982. The molecule has 3 aliphatic heterocycles. The molecule has 0 saturated carbocycles. The Morgan fingerprint density at radius 1 is 0.977 bits per heavy atom. The molecule has 232 valence electrons. The summed E-state index contributed by atoms with van der Waals surface area (Å²) in [6.07, 6.45) is 7.29. The average molecular weight is 594 g/mol. The lowest BCUT2D eigenvalue weighted by Gasteiger charge is -2.34. The number of imidazole rings is 1. The van der Waals surface area contributed by atoms with E-state index in [0.29, 0.717) is 12.0 Å². The number of likely N-dealkylation sites (N-methyl/N-ethyl adjacent to an activating group) is 1. The third-order valence-electron chi connectivity index (χ3n) is 9.70. The molecule has 0 spiro atoms. The van der Waals surface area contributed by atoms with Gasteiger partial charge in [-0.2, -0.15) is 0 Å². The Balaban J connectivity index is 1.11. The predicted molar refractivity (Wildman–Crippen MR) is 178 cm³/mol. The van der Waals surface area contributed by atoms with Gasteiger partial charge in [-0.15, -0.1) is 0 Å². The molecule has 0 bridgehead atoms. The van der Waals surface area contributed by atoms with Crippen LogP contribution in [0.2, 0.25) is 0 Å². The monoisotopic (exact) mass is 593 g/mol. The molecule has 8 heteroatoms. The van der Waals surface area contributed by atoms with Gasteiger partial charge in [-0.05, 0) is 59.9 Å². The van der Waals surface area contributed by atoms with Crippen molar-refractivity contribution >= 4 is 12.1 Å². The first kappa shape index (κ1) is 30.0. The van der Waals surface area contributed by atoms with Crippen LogP contribution in [0.25, 0.3) is 28.1 Å². The van der Waals surface area contributed by atoms with Gasteiger partial charge in [-0.1, -0.05) is 82.8 Å². The van der Waals surface area contributed by atoms with Crippen LogP contribution in [0.3, 0.4) is 0 Å². The molecular weight excluding hydrogens is 546 g/mol. The molecule has 2 aromatic carbocycles. The van der Waals surface area contributed by atoms with Crippen molar-refractivity contribution in [3.63, 3.8) is 0 Å². The number of aromatic nitrogens is 2. The molecule has 2 fully saturated rings. The Morgan fingerprint density at radius 3 is 2.23 bits per heavy atom. The first-order valence-electron chi connectivity index (χ1n) is 16.1. The Morgan fingerprint density at radius 2 is 1.61 bits per heavy atom. The van der Waals surface area contributed by atoms with Crippen molar-refractivity contribution < 1.29 is 4.79 Å². The Kier molecular flexibility index (Phi) is 8.54. The van der Waals surface area contributed by atoms with Crippen LogP contribution in [0.1, 0.15) is 58.0 Å². The molecule has 3 aliphatic rings. The Labute approximate surface area is 262 Å². The Bertz CT molecular complexity index is 1490. The number of nitrogens with one attached hydrogen (secondary N) is 4. The molecule has 4 heterocycles. The van der Waals surface area contributed by atoms with Crippen LogP contribution in [-0.4, -0.2) is 64.6 Å². The highest BCUT2D eigenvalue weighted by Crippen LogP contribution is 2.38. The molecule has 3 aromatic rings. The van der Waals surface area contributed by atoms with E-state index in [1.807, 2.05) is 6.20 Å². The third-order valence-corrected chi connectivity index (χ3v) is 9.70. The van der Waals surface area contributed by atoms with E-state index < -0.39 is 0 Å². The number of carbonyl (C=O) groups is 1. The van der Waals surface area contributed by atoms with Gasteiger partial charge in [0.2, 0.25) is 6.41 Å². The van der Waals surface area contributed by atoms with Crippen molar-refractivity contribution in [2.45, 2.75) is 64.8 Å². The van der Waals surface area contributed by atoms with Gasteiger partial charge < -0.3 is 25.8 Å². The van der Waals surface area contributed by atoms with Crippen LogP contribution < -0.4 is 16.0 Å². The number of nitrogens with zero attached hydrogens (tertiary/aromatic N) is 3. The number of hydrogen-bond donors (Lipinski definition) is 4. The fraction of sp³-hybridized carbons (Fsp3) is 0.444. The Hall–Kier alpha value is -4.04. The molecule has 1 aromatic heterocycles. The second-order valence-corrected chi connectivity index (χ2v) is 13.5. The predicted octanol–water partition coefficient (Wildman–Crippen LogP) is 5.57. The van der Waals surface area contributed by atoms with Gasteiger partial charge in [0.05, 0.1) is 29.7 Å². The van der Waals surface area contributed by atoms with E-state index in [1.165, 1.54) is 23.1 Å². The largest absolute Gasteiger partial charge is 0.368 e. The summed E-state index contributed by atoms with van der Waals surface area (Å²) in [5, 5.41) is 10.2. The van der Waals surface area contributed by atoms with E-state index in [1.54, 1.807) is 0 Å². The highest BCUT2D eigenvalue weighted by Gasteiger charge is 2.37. The zero-order valence-electron chi connectivity index (χ0n) is 26.7. The zero-order chi connectivity index (χ0) is 31.0. The molecule has 3 unspecified atom stereocenters. The third kappa shape index (κ3) is 6.00. The molecule has 44 heavy (non-hydrogen) atoms. The van der Waals surface area contributed by atoms with Crippen LogP contribution in [0.15, 0.2) is 73.2 Å². The first-order chi connectivity index (χ1) is 21.2. The fourth-order valence-corrected chi connectivity index (χ4v) is 7.37. The van der Waals surface area contributed by atoms with E-state index in [-0.39, 0.29) is 24.2 Å². The summed E-state index contributed by atoms with van der Waals surface area (Å²) in [5.41, 5.74) is 7.77. The van der Waals surface area contributed by atoms with Crippen molar-refractivity contribution in [3.8, 4) is 22.4 Å². The number of likely N-dealkylation sites (tertiary alicyclic amines) is 2. The molecule has 6 atom stereocenters. The number of benzene rings is 2. The molecule has 6 rings (SSSR count). The number of rotatable bonds is 10. The minimum absolute atomic E-state index is 0.0982. The van der Waals surface area contributed by atoms with Gasteiger partial charge in [0, 0.05) is 31.0 Å². The van der Waals surface area contributed by atoms with Crippen LogP contribution in [0, 0.1) is 17.8 Å². The highest BCUT2D eigenvalue weighted by molar-refractivity contribution is 5.72. The quantitative estimate of drug-likeness (QED) is 0.230. The van der Waals surface area contributed by atoms with E-state index in [0.717, 1.165) is 60.3 Å². The maximum Gasteiger partial charge on any atom is 0.207 e. The van der Waals surface area contributed by atoms with Crippen LogP contribution in [0.4, 0.5) is 0 Å². The molecule has 1 amide bonds. The zero-order valence-corrected chi connectivity index (χ0v) is 26.7. The topological polar surface area (TPSA) is 88.3 Å². The first-order valence-corrected chi connectivity index (χ1v) is 16.1. The lowest BCUT2D eigenvalue weighted by Crippen LogP contribution is -2.48. The van der Waals surface area contributed by atoms with Crippen LogP contribution in [0.5, 0.6) is 0 Å². The molecule has 8 nitrogen and oxygen atoms in total. The SMILES string of the molecule is C=C(C(NC=O)C(C)C)N1C[C@@H](C)C[C@H]1c1ncc(-c2ccc(-c3ccc(C4=CNC(C5C[C@H](C)CN5C)N4)cc3)cc2)[nH]1. The standard InChI is InChI=1S/C36H47N7O/c1-22(2)34(39-21-44)25(5)43-20-24(4)16-33(43)36-38-18-31(41-36)29-13-9-27(10-14-29)26-7-11-28(12-8-26)30-17-37-35(40-30)32-15-23(3)19-42(32)6/h7-14,17-18,21-24,32-35,37,40H,5,15-16,19-20H2,1-4,6H3,(H,38,41)(H,39,44)/t23-,24-,32?,33-,34?,35?/m0/s1. The van der Waals surface area contributed by atoms with Crippen LogP contribution in [-0.2, 0) is 4.79 Å². The summed E-state index contributed by atoms with van der Waals surface area (Å²) in [6.45, 7) is 15.3. The lowest BCUT2D eigenvalue weighted by molar-refractivity contribution is -0.110. The van der Waals surface area contributed by atoms with Crippen molar-refractivity contribution in [2.24, 2.45) is 17.8 Å². The second-order valence-electron chi connectivity index (χ2n) is 13.5. The van der Waals surface area contributed by atoms with Gasteiger partial charge in [0.1, 0.15) is 12.0 Å². The smallest absolute Gasteiger partial charge is 0.207 e. The van der Waals surface area contributed by atoms with Gasteiger partial charge >= 0.3 is 0 Å². The van der Waals surface area contributed by atoms with Gasteiger partial charge in [0.15, 0.2) is 0 Å². The van der Waals surface area contributed by atoms with Crippen molar-refractivity contribution in [2.75, 3.05) is 20.1 Å². The summed E-state index contributed by atoms with van der Waals surface area (Å²) in [7, 11) is 2.22. The van der Waals surface area contributed by atoms with E-state index >= 15 is 0 Å². The summed E-state index contributed by atoms with van der Waals surface area (Å²) in [5.74, 6) is 2.44. The average Bonchev–Trinajstić information content (AvgIpc) is 3.82. The molecule has 0 radical (unpaired) electrons. The van der Waals surface area contributed by atoms with Crippen molar-refractivity contribution in [1.29, 1.82) is 0 Å². The number of amides is 1. The van der Waals surface area contributed by atoms with Gasteiger partial charge in [-0.3, -0.25) is 9.69 Å². The molecular formula is C36H47N7O. The normalized spacial score (nSPS) is 25.9. The maximum atomic E-state index is 11.3. The van der Waals surface area contributed by atoms with Gasteiger partial charge in [-0.25, -0.2) is 4.98 Å². The van der Waals surface area contributed by atoms with Gasteiger partial charge in [0.25, 0.3) is 0 Å². The summed E-state index contributed by atoms with van der Waals surface area (Å²) >= 11 is 0. The van der Waals surface area contributed by atoms with E-state index in [4.69, 9.17) is 4.98 Å². The molecule has 0 aliphatic carbocycles. The van der Waals surface area contributed by atoms with Crippen LogP contribution >= 0.6 is 0 Å². The van der Waals surface area contributed by atoms with Crippen molar-refractivity contribution in [1.82, 2.24) is 35.7 Å². The number of H-pyrrole nitrogens is 1. The summed E-state index contributed by atoms with van der Waals surface area (Å²) < 4.78 is 0. The second kappa shape index (κ2) is 12.5. The van der Waals surface area contributed by atoms with E-state index in [2.05, 4.69) is 127 Å². The fourth-order valence-electron chi connectivity index (χ4n) is 7.37. The minimum Gasteiger partial charge on any atom is -0.368 e. The molecule has 2 saturated heterocycles. The highest BCUT2D eigenvalue weighted by atomic mass is 16.1. The number of aromatic amines is 1. The summed E-state index contributed by atoms with van der Waals surface area (Å²) in [4.78, 5) is 24.5. The lowest BCUT2D eigenvalue weighted by atomic mass is 10.0.